The first-order valence-electron chi connectivity index (χ1n) is 5.12. The van der Waals surface area contributed by atoms with Crippen LogP contribution in [0.15, 0.2) is 12.3 Å². The van der Waals surface area contributed by atoms with Gasteiger partial charge in [0.05, 0.1) is 7.11 Å². The Balaban J connectivity index is 5.17. The molecule has 0 aliphatic carbocycles. The van der Waals surface area contributed by atoms with Crippen molar-refractivity contribution in [1.29, 1.82) is 0 Å². The molecule has 18 heavy (non-hydrogen) atoms. The molecule has 0 spiro atoms. The highest BCUT2D eigenvalue weighted by molar-refractivity contribution is 5.80. The van der Waals surface area contributed by atoms with E-state index in [1.54, 1.807) is 0 Å². The molecule has 0 radical (unpaired) electrons. The highest BCUT2D eigenvalue weighted by Gasteiger charge is 2.36. The number of nitrogens with one attached hydrogen (secondary N) is 1. The predicted molar refractivity (Wildman–Crippen MR) is 61.3 cm³/mol. The molecule has 0 amide bonds. The zero-order chi connectivity index (χ0) is 14.3. The lowest BCUT2D eigenvalue weighted by molar-refractivity contribution is -0.177. The van der Waals surface area contributed by atoms with E-state index >= 15 is 0 Å². The quantitative estimate of drug-likeness (QED) is 0.519. The first-order chi connectivity index (χ1) is 8.33. The van der Waals surface area contributed by atoms with Crippen molar-refractivity contribution in [3.63, 3.8) is 0 Å². The Bertz CT molecular complexity index is 317. The maximum Gasteiger partial charge on any atom is 0.351 e. The van der Waals surface area contributed by atoms with Crippen LogP contribution in [0.3, 0.4) is 0 Å². The molecule has 0 heterocycles. The minimum Gasteiger partial charge on any atom is -0.466 e. The van der Waals surface area contributed by atoms with Gasteiger partial charge in [-0.2, -0.15) is 0 Å². The Hall–Kier alpha value is -2.05. The number of likely N-dealkylation sites (N-methyl/N-ethyl adjacent to an activating group) is 1. The minimum absolute atomic E-state index is 0.210. The van der Waals surface area contributed by atoms with E-state index in [1.165, 1.54) is 7.05 Å². The van der Waals surface area contributed by atoms with Gasteiger partial charge in [0.15, 0.2) is 6.10 Å². The van der Waals surface area contributed by atoms with Crippen LogP contribution >= 0.6 is 0 Å². The molecule has 0 bridgehead atoms. The number of methoxy groups -OCH3 is 1. The second-order valence-corrected chi connectivity index (χ2v) is 3.36. The van der Waals surface area contributed by atoms with Crippen molar-refractivity contribution in [2.24, 2.45) is 0 Å². The van der Waals surface area contributed by atoms with Crippen molar-refractivity contribution in [2.75, 3.05) is 14.2 Å². The van der Waals surface area contributed by atoms with Crippen molar-refractivity contribution >= 4 is 17.9 Å². The zero-order valence-electron chi connectivity index (χ0n) is 10.8. The fourth-order valence-electron chi connectivity index (χ4n) is 1.17. The van der Waals surface area contributed by atoms with Crippen LogP contribution in [-0.4, -0.2) is 44.3 Å². The molecular weight excluding hydrogens is 242 g/mol. The van der Waals surface area contributed by atoms with Crippen molar-refractivity contribution in [3.05, 3.63) is 12.3 Å². The summed E-state index contributed by atoms with van der Waals surface area (Å²) < 4.78 is 14.2. The van der Waals surface area contributed by atoms with E-state index in [0.717, 1.165) is 21.0 Å². The summed E-state index contributed by atoms with van der Waals surface area (Å²) in [6.45, 7) is 5.88. The molecule has 0 aliphatic rings. The third-order valence-electron chi connectivity index (χ3n) is 1.96. The van der Waals surface area contributed by atoms with Gasteiger partial charge >= 0.3 is 17.9 Å². The van der Waals surface area contributed by atoms with E-state index in [1.807, 2.05) is 0 Å². The van der Waals surface area contributed by atoms with E-state index in [9.17, 15) is 14.4 Å². The number of esters is 3. The summed E-state index contributed by atoms with van der Waals surface area (Å²) in [6, 6.07) is 0. The van der Waals surface area contributed by atoms with Crippen molar-refractivity contribution in [3.8, 4) is 0 Å². The van der Waals surface area contributed by atoms with Gasteiger partial charge < -0.3 is 19.5 Å². The summed E-state index contributed by atoms with van der Waals surface area (Å²) in [5.74, 6) is -2.18. The molecule has 0 aromatic rings. The van der Waals surface area contributed by atoms with Crippen molar-refractivity contribution < 1.29 is 28.6 Å². The van der Waals surface area contributed by atoms with Gasteiger partial charge in [0, 0.05) is 26.6 Å². The molecular formula is C11H17NO6. The molecule has 0 saturated heterocycles. The summed E-state index contributed by atoms with van der Waals surface area (Å²) in [5, 5.41) is 2.63. The van der Waals surface area contributed by atoms with Crippen LogP contribution in [0.4, 0.5) is 0 Å². The molecule has 0 rings (SSSR count). The normalized spacial score (nSPS) is 12.9. The third kappa shape index (κ3) is 4.86. The van der Waals surface area contributed by atoms with Crippen LogP contribution in [0.2, 0.25) is 0 Å². The number of carbonyl (C=O) groups is 3. The predicted octanol–water partition coefficient (Wildman–Crippen LogP) is -0.244. The number of ether oxygens (including phenoxy) is 3. The molecule has 1 N–H and O–H groups in total. The van der Waals surface area contributed by atoms with Crippen LogP contribution in [0, 0.1) is 0 Å². The van der Waals surface area contributed by atoms with Crippen LogP contribution in [0.25, 0.3) is 0 Å². The SMILES string of the molecule is C=C(NC)[C@H](OC(C)=O)[C@@H](OC(C)=O)C(=O)OC. The van der Waals surface area contributed by atoms with Gasteiger partial charge in [-0.25, -0.2) is 4.79 Å². The minimum atomic E-state index is -1.39. The number of hydrogen-bond acceptors (Lipinski definition) is 7. The summed E-state index contributed by atoms with van der Waals surface area (Å²) in [4.78, 5) is 33.5. The van der Waals surface area contributed by atoms with Gasteiger partial charge in [0.25, 0.3) is 0 Å². The highest BCUT2D eigenvalue weighted by Crippen LogP contribution is 2.13. The molecule has 0 saturated carbocycles. The average molecular weight is 259 g/mol. The zero-order valence-corrected chi connectivity index (χ0v) is 10.8. The van der Waals surface area contributed by atoms with Crippen molar-refractivity contribution in [2.45, 2.75) is 26.1 Å². The van der Waals surface area contributed by atoms with Crippen LogP contribution in [0.1, 0.15) is 13.8 Å². The lowest BCUT2D eigenvalue weighted by atomic mass is 10.1. The van der Waals surface area contributed by atoms with Crippen LogP contribution < -0.4 is 5.32 Å². The molecule has 0 aromatic heterocycles. The topological polar surface area (TPSA) is 90.9 Å². The molecule has 7 heteroatoms. The summed E-state index contributed by atoms with van der Waals surface area (Å²) in [6.07, 6.45) is -2.54. The van der Waals surface area contributed by atoms with Crippen LogP contribution in [0.5, 0.6) is 0 Å². The lowest BCUT2D eigenvalue weighted by Gasteiger charge is -2.25. The molecule has 0 fully saturated rings. The smallest absolute Gasteiger partial charge is 0.351 e. The van der Waals surface area contributed by atoms with E-state index in [4.69, 9.17) is 9.47 Å². The fraction of sp³-hybridized carbons (Fsp3) is 0.545. The van der Waals surface area contributed by atoms with E-state index in [0.29, 0.717) is 0 Å². The first kappa shape index (κ1) is 16.0. The van der Waals surface area contributed by atoms with Gasteiger partial charge in [-0.1, -0.05) is 6.58 Å². The molecule has 7 nitrogen and oxygen atoms in total. The van der Waals surface area contributed by atoms with Gasteiger partial charge in [-0.15, -0.1) is 0 Å². The Morgan fingerprint density at radius 2 is 1.50 bits per heavy atom. The summed E-state index contributed by atoms with van der Waals surface area (Å²) in [5.41, 5.74) is 0.210. The number of carbonyl (C=O) groups excluding carboxylic acids is 3. The second kappa shape index (κ2) is 7.31. The maximum absolute atomic E-state index is 11.5. The molecule has 0 aliphatic heterocycles. The molecule has 2 atom stereocenters. The fourth-order valence-corrected chi connectivity index (χ4v) is 1.17. The Morgan fingerprint density at radius 1 is 1.06 bits per heavy atom. The average Bonchev–Trinajstić information content (AvgIpc) is 2.30. The first-order valence-corrected chi connectivity index (χ1v) is 5.12. The van der Waals surface area contributed by atoms with E-state index in [-0.39, 0.29) is 5.70 Å². The van der Waals surface area contributed by atoms with E-state index < -0.39 is 30.1 Å². The summed E-state index contributed by atoms with van der Waals surface area (Å²) >= 11 is 0. The van der Waals surface area contributed by atoms with Gasteiger partial charge in [-0.3, -0.25) is 9.59 Å². The molecule has 0 aromatic carbocycles. The second-order valence-electron chi connectivity index (χ2n) is 3.36. The highest BCUT2D eigenvalue weighted by atomic mass is 16.6. The third-order valence-corrected chi connectivity index (χ3v) is 1.96. The Labute approximate surface area is 105 Å². The lowest BCUT2D eigenvalue weighted by Crippen LogP contribution is -2.44. The standard InChI is InChI=1S/C11H17NO6/c1-6(12-4)9(17-7(2)13)10(11(15)16-5)18-8(3)14/h9-10,12H,1H2,2-5H3/t9-,10+/m0/s1. The van der Waals surface area contributed by atoms with Crippen LogP contribution in [-0.2, 0) is 28.6 Å². The summed E-state index contributed by atoms with van der Waals surface area (Å²) in [7, 11) is 2.66. The van der Waals surface area contributed by atoms with Gasteiger partial charge in [0.2, 0.25) is 6.10 Å². The Kier molecular flexibility index (Phi) is 6.48. The maximum atomic E-state index is 11.5. The number of hydrogen-bond donors (Lipinski definition) is 1. The molecule has 0 unspecified atom stereocenters. The largest absolute Gasteiger partial charge is 0.466 e. The van der Waals surface area contributed by atoms with E-state index in [2.05, 4.69) is 16.6 Å². The Morgan fingerprint density at radius 3 is 1.83 bits per heavy atom. The monoisotopic (exact) mass is 259 g/mol. The molecule has 102 valence electrons. The van der Waals surface area contributed by atoms with Gasteiger partial charge in [0.1, 0.15) is 0 Å². The number of rotatable bonds is 6. The van der Waals surface area contributed by atoms with Gasteiger partial charge in [-0.05, 0) is 0 Å². The van der Waals surface area contributed by atoms with Crippen molar-refractivity contribution in [1.82, 2.24) is 5.32 Å².